The quantitative estimate of drug-likeness (QED) is 0.701. The van der Waals surface area contributed by atoms with Crippen molar-refractivity contribution in [1.29, 1.82) is 0 Å². The lowest BCUT2D eigenvalue weighted by Gasteiger charge is -2.32. The van der Waals surface area contributed by atoms with Gasteiger partial charge in [0.05, 0.1) is 5.69 Å². The molecule has 1 aromatic heterocycles. The van der Waals surface area contributed by atoms with Gasteiger partial charge in [0.15, 0.2) is 0 Å². The average Bonchev–Trinajstić information content (AvgIpc) is 2.70. The molecule has 2 N–H and O–H groups in total. The van der Waals surface area contributed by atoms with Gasteiger partial charge in [-0.15, -0.1) is 0 Å². The SMILES string of the molecule is CC/C=C(/NC1=C(C)CCN(CC(O)c2ccnc(C)n2)C1)c1ccccc1Cl. The molecule has 1 aromatic carbocycles. The van der Waals surface area contributed by atoms with E-state index in [1.807, 2.05) is 31.2 Å². The molecule has 0 fully saturated rings. The van der Waals surface area contributed by atoms with E-state index in [1.165, 1.54) is 11.3 Å². The van der Waals surface area contributed by atoms with E-state index in [4.69, 9.17) is 11.6 Å². The highest BCUT2D eigenvalue weighted by Crippen LogP contribution is 2.26. The summed E-state index contributed by atoms with van der Waals surface area (Å²) in [5.74, 6) is 0.673. The minimum absolute atomic E-state index is 0.536. The number of β-amino-alcohol motifs (C(OH)–C–C–N with tert-alkyl or cyclic N) is 1. The van der Waals surface area contributed by atoms with E-state index in [9.17, 15) is 5.11 Å². The van der Waals surface area contributed by atoms with Crippen LogP contribution in [0.15, 0.2) is 53.9 Å². The number of nitrogens with one attached hydrogen (secondary N) is 1. The number of allylic oxidation sites excluding steroid dienone is 1. The van der Waals surface area contributed by atoms with Gasteiger partial charge < -0.3 is 10.4 Å². The van der Waals surface area contributed by atoms with Crippen molar-refractivity contribution in [2.45, 2.75) is 39.7 Å². The van der Waals surface area contributed by atoms with Gasteiger partial charge in [0.25, 0.3) is 0 Å². The Bertz CT molecular complexity index is 909. The Balaban J connectivity index is 1.72. The van der Waals surface area contributed by atoms with Crippen molar-refractivity contribution in [3.63, 3.8) is 0 Å². The number of rotatable bonds is 7. The summed E-state index contributed by atoms with van der Waals surface area (Å²) in [5.41, 5.74) is 5.21. The van der Waals surface area contributed by atoms with Crippen molar-refractivity contribution in [3.8, 4) is 0 Å². The predicted molar refractivity (Wildman–Crippen MR) is 118 cm³/mol. The number of aryl methyl sites for hydroxylation is 1. The van der Waals surface area contributed by atoms with Crippen LogP contribution in [0.3, 0.4) is 0 Å². The zero-order valence-electron chi connectivity index (χ0n) is 17.3. The molecule has 1 unspecified atom stereocenters. The van der Waals surface area contributed by atoms with Crippen LogP contribution in [-0.4, -0.2) is 39.6 Å². The maximum atomic E-state index is 10.6. The maximum absolute atomic E-state index is 10.6. The number of nitrogens with zero attached hydrogens (tertiary/aromatic N) is 3. The van der Waals surface area contributed by atoms with Crippen LogP contribution in [0, 0.1) is 6.92 Å². The summed E-state index contributed by atoms with van der Waals surface area (Å²) in [5, 5.41) is 15.0. The second kappa shape index (κ2) is 10.0. The van der Waals surface area contributed by atoms with Crippen LogP contribution in [0.25, 0.3) is 5.70 Å². The maximum Gasteiger partial charge on any atom is 0.125 e. The first-order chi connectivity index (χ1) is 14.0. The lowest BCUT2D eigenvalue weighted by Crippen LogP contribution is -2.38. The molecule has 1 aliphatic rings. The first-order valence-electron chi connectivity index (χ1n) is 10.1. The normalized spacial score (nSPS) is 16.8. The number of benzene rings is 1. The van der Waals surface area contributed by atoms with Gasteiger partial charge in [0, 0.05) is 47.8 Å². The summed E-state index contributed by atoms with van der Waals surface area (Å²) >= 11 is 6.43. The van der Waals surface area contributed by atoms with E-state index in [-0.39, 0.29) is 0 Å². The molecule has 29 heavy (non-hydrogen) atoms. The van der Waals surface area contributed by atoms with E-state index in [1.54, 1.807) is 12.3 Å². The lowest BCUT2D eigenvalue weighted by atomic mass is 10.0. The molecule has 2 heterocycles. The van der Waals surface area contributed by atoms with E-state index < -0.39 is 6.10 Å². The Morgan fingerprint density at radius 1 is 1.31 bits per heavy atom. The van der Waals surface area contributed by atoms with Crippen LogP contribution in [-0.2, 0) is 0 Å². The molecule has 3 rings (SSSR count). The number of hydrogen-bond acceptors (Lipinski definition) is 5. The van der Waals surface area contributed by atoms with Gasteiger partial charge in [-0.1, -0.05) is 48.4 Å². The Kier molecular flexibility index (Phi) is 7.42. The van der Waals surface area contributed by atoms with E-state index in [2.05, 4.69) is 40.1 Å². The molecule has 1 aliphatic heterocycles. The Morgan fingerprint density at radius 2 is 2.10 bits per heavy atom. The molecule has 0 spiro atoms. The summed E-state index contributed by atoms with van der Waals surface area (Å²) in [6.45, 7) is 8.32. The van der Waals surface area contributed by atoms with Crippen LogP contribution in [0.4, 0.5) is 0 Å². The fourth-order valence-corrected chi connectivity index (χ4v) is 3.73. The molecule has 2 aromatic rings. The number of aromatic nitrogens is 2. The van der Waals surface area contributed by atoms with Crippen molar-refractivity contribution in [3.05, 3.63) is 76.0 Å². The van der Waals surface area contributed by atoms with Crippen LogP contribution >= 0.6 is 11.6 Å². The van der Waals surface area contributed by atoms with Gasteiger partial charge in [-0.25, -0.2) is 9.97 Å². The van der Waals surface area contributed by atoms with Crippen LogP contribution in [0.1, 0.15) is 49.9 Å². The molecule has 154 valence electrons. The van der Waals surface area contributed by atoms with Crippen LogP contribution < -0.4 is 5.32 Å². The van der Waals surface area contributed by atoms with Crippen molar-refractivity contribution in [1.82, 2.24) is 20.2 Å². The number of aliphatic hydroxyl groups is 1. The minimum Gasteiger partial charge on any atom is -0.385 e. The third-order valence-corrected chi connectivity index (χ3v) is 5.46. The largest absolute Gasteiger partial charge is 0.385 e. The fraction of sp³-hybridized carbons (Fsp3) is 0.391. The van der Waals surface area contributed by atoms with Gasteiger partial charge in [-0.3, -0.25) is 4.90 Å². The molecular formula is C23H29ClN4O. The van der Waals surface area contributed by atoms with Crippen molar-refractivity contribution in [2.24, 2.45) is 0 Å². The zero-order chi connectivity index (χ0) is 20.8. The van der Waals surface area contributed by atoms with Crippen molar-refractivity contribution < 1.29 is 5.11 Å². The summed E-state index contributed by atoms with van der Waals surface area (Å²) in [7, 11) is 0. The van der Waals surface area contributed by atoms with E-state index in [0.29, 0.717) is 18.1 Å². The average molecular weight is 413 g/mol. The molecule has 0 radical (unpaired) electrons. The standard InChI is InChI=1S/C23H29ClN4O/c1-4-7-20(18-8-5-6-9-19(18)24)27-22-14-28(13-11-16(22)2)15-23(29)21-10-12-25-17(3)26-21/h5-10,12,23,27,29H,4,11,13-15H2,1-3H3/b20-7+. The molecule has 6 heteroatoms. The number of hydrogen-bond donors (Lipinski definition) is 2. The van der Waals surface area contributed by atoms with Crippen molar-refractivity contribution >= 4 is 17.3 Å². The number of aliphatic hydroxyl groups excluding tert-OH is 1. The first kappa shape index (κ1) is 21.5. The van der Waals surface area contributed by atoms with Crippen LogP contribution in [0.5, 0.6) is 0 Å². The molecule has 0 aliphatic carbocycles. The molecule has 0 bridgehead atoms. The molecule has 0 amide bonds. The van der Waals surface area contributed by atoms with Crippen molar-refractivity contribution in [2.75, 3.05) is 19.6 Å². The molecule has 0 saturated carbocycles. The first-order valence-corrected chi connectivity index (χ1v) is 10.5. The Hall–Kier alpha value is -2.21. The summed E-state index contributed by atoms with van der Waals surface area (Å²) in [6, 6.07) is 9.67. The fourth-order valence-electron chi connectivity index (χ4n) is 3.49. The highest BCUT2D eigenvalue weighted by atomic mass is 35.5. The monoisotopic (exact) mass is 412 g/mol. The van der Waals surface area contributed by atoms with E-state index >= 15 is 0 Å². The van der Waals surface area contributed by atoms with E-state index in [0.717, 1.165) is 42.2 Å². The lowest BCUT2D eigenvalue weighted by molar-refractivity contribution is 0.111. The predicted octanol–water partition coefficient (Wildman–Crippen LogP) is 4.49. The van der Waals surface area contributed by atoms with Crippen LogP contribution in [0.2, 0.25) is 5.02 Å². The van der Waals surface area contributed by atoms with Gasteiger partial charge in [-0.05, 0) is 38.8 Å². The van der Waals surface area contributed by atoms with Gasteiger partial charge in [0.1, 0.15) is 11.9 Å². The summed E-state index contributed by atoms with van der Waals surface area (Å²) < 4.78 is 0. The molecule has 0 saturated heterocycles. The summed E-state index contributed by atoms with van der Waals surface area (Å²) in [6.07, 6.45) is 5.10. The van der Waals surface area contributed by atoms with Gasteiger partial charge in [-0.2, -0.15) is 0 Å². The van der Waals surface area contributed by atoms with Gasteiger partial charge in [0.2, 0.25) is 0 Å². The molecule has 5 nitrogen and oxygen atoms in total. The highest BCUT2D eigenvalue weighted by molar-refractivity contribution is 6.32. The minimum atomic E-state index is -0.634. The second-order valence-corrected chi connectivity index (χ2v) is 7.83. The number of halogens is 1. The molecule has 1 atom stereocenters. The molecular weight excluding hydrogens is 384 g/mol. The third kappa shape index (κ3) is 5.66. The van der Waals surface area contributed by atoms with Gasteiger partial charge >= 0.3 is 0 Å². The smallest absolute Gasteiger partial charge is 0.125 e. The Morgan fingerprint density at radius 3 is 2.83 bits per heavy atom. The zero-order valence-corrected chi connectivity index (χ0v) is 18.1. The highest BCUT2D eigenvalue weighted by Gasteiger charge is 2.21. The third-order valence-electron chi connectivity index (χ3n) is 5.13. The Labute approximate surface area is 178 Å². The second-order valence-electron chi connectivity index (χ2n) is 7.42. The topological polar surface area (TPSA) is 61.3 Å². The summed E-state index contributed by atoms with van der Waals surface area (Å²) in [4.78, 5) is 10.7.